The topological polar surface area (TPSA) is 66.4 Å². The summed E-state index contributed by atoms with van der Waals surface area (Å²) in [4.78, 5) is 22.5. The third-order valence-corrected chi connectivity index (χ3v) is 3.33. The lowest BCUT2D eigenvalue weighted by Gasteiger charge is -2.14. The number of nitrogens with one attached hydrogen (secondary N) is 1. The van der Waals surface area contributed by atoms with Crippen molar-refractivity contribution in [2.45, 2.75) is 39.2 Å². The predicted octanol–water partition coefficient (Wildman–Crippen LogP) is 3.13. The Morgan fingerprint density at radius 1 is 1.42 bits per heavy atom. The van der Waals surface area contributed by atoms with Gasteiger partial charge >= 0.3 is 5.97 Å². The molecule has 1 atom stereocenters. The van der Waals surface area contributed by atoms with Gasteiger partial charge in [-0.25, -0.2) is 0 Å². The van der Waals surface area contributed by atoms with Crippen LogP contribution in [0.4, 0.5) is 0 Å². The molecule has 0 saturated carbocycles. The Bertz CT molecular complexity index is 474. The van der Waals surface area contributed by atoms with Gasteiger partial charge in [0.05, 0.1) is 0 Å². The molecule has 104 valence electrons. The molecule has 1 amide bonds. The molecule has 0 aliphatic heterocycles. The Morgan fingerprint density at radius 2 is 2.11 bits per heavy atom. The number of benzene rings is 1. The Kier molecular flexibility index (Phi) is 6.02. The van der Waals surface area contributed by atoms with Gasteiger partial charge in [0.2, 0.25) is 0 Å². The first-order valence-electron chi connectivity index (χ1n) is 6.19. The van der Waals surface area contributed by atoms with E-state index in [0.29, 0.717) is 18.4 Å². The molecule has 4 nitrogen and oxygen atoms in total. The van der Waals surface area contributed by atoms with Crippen molar-refractivity contribution in [3.05, 3.63) is 33.8 Å². The Labute approximate surface area is 121 Å². The highest BCUT2D eigenvalue weighted by Crippen LogP contribution is 2.16. The average molecular weight is 328 g/mol. The number of hydrogen-bond acceptors (Lipinski definition) is 2. The van der Waals surface area contributed by atoms with Gasteiger partial charge in [-0.2, -0.15) is 0 Å². The first-order chi connectivity index (χ1) is 8.90. The molecule has 0 spiro atoms. The summed E-state index contributed by atoms with van der Waals surface area (Å²) in [5.74, 6) is -0.921. The van der Waals surface area contributed by atoms with E-state index in [2.05, 4.69) is 21.2 Å². The summed E-state index contributed by atoms with van der Waals surface area (Å²) in [5, 5.41) is 11.4. The van der Waals surface area contributed by atoms with Crippen molar-refractivity contribution >= 4 is 27.8 Å². The normalized spacial score (nSPS) is 11.9. The van der Waals surface area contributed by atoms with Crippen LogP contribution < -0.4 is 5.32 Å². The maximum Gasteiger partial charge on any atom is 0.303 e. The fourth-order valence-electron chi connectivity index (χ4n) is 1.82. The van der Waals surface area contributed by atoms with Crippen LogP contribution in [0.5, 0.6) is 0 Å². The lowest BCUT2D eigenvalue weighted by atomic mass is 10.1. The maximum atomic E-state index is 12.0. The second-order valence-corrected chi connectivity index (χ2v) is 5.54. The summed E-state index contributed by atoms with van der Waals surface area (Å²) in [6.45, 7) is 3.77. The second-order valence-electron chi connectivity index (χ2n) is 4.62. The van der Waals surface area contributed by atoms with Crippen molar-refractivity contribution < 1.29 is 14.7 Å². The molecule has 1 aromatic carbocycles. The molecule has 0 aliphatic rings. The van der Waals surface area contributed by atoms with Gasteiger partial charge in [0, 0.05) is 22.5 Å². The fraction of sp³-hybridized carbons (Fsp3) is 0.429. The highest BCUT2D eigenvalue weighted by atomic mass is 79.9. The van der Waals surface area contributed by atoms with Crippen LogP contribution in [0, 0.1) is 6.92 Å². The van der Waals surface area contributed by atoms with Gasteiger partial charge in [-0.15, -0.1) is 0 Å². The van der Waals surface area contributed by atoms with Crippen molar-refractivity contribution in [2.24, 2.45) is 0 Å². The highest BCUT2D eigenvalue weighted by molar-refractivity contribution is 9.10. The molecule has 2 N–H and O–H groups in total. The van der Waals surface area contributed by atoms with Crippen LogP contribution in [0.1, 0.15) is 42.1 Å². The summed E-state index contributed by atoms with van der Waals surface area (Å²) >= 11 is 3.36. The Hall–Kier alpha value is -1.36. The third-order valence-electron chi connectivity index (χ3n) is 2.84. The number of rotatable bonds is 6. The number of carbonyl (C=O) groups is 2. The molecule has 1 aromatic rings. The molecular weight excluding hydrogens is 310 g/mol. The summed E-state index contributed by atoms with van der Waals surface area (Å²) in [5.41, 5.74) is 1.55. The first-order valence-corrected chi connectivity index (χ1v) is 6.98. The maximum absolute atomic E-state index is 12.0. The van der Waals surface area contributed by atoms with Crippen LogP contribution in [-0.4, -0.2) is 23.0 Å². The van der Waals surface area contributed by atoms with E-state index in [0.717, 1.165) is 10.0 Å². The van der Waals surface area contributed by atoms with Crippen molar-refractivity contribution in [3.8, 4) is 0 Å². The van der Waals surface area contributed by atoms with Gasteiger partial charge in [-0.05, 0) is 50.5 Å². The molecule has 0 saturated heterocycles. The number of carbonyl (C=O) groups excluding carboxylic acids is 1. The fourth-order valence-corrected chi connectivity index (χ4v) is 2.29. The molecule has 1 rings (SSSR count). The quantitative estimate of drug-likeness (QED) is 0.843. The predicted molar refractivity (Wildman–Crippen MR) is 77.3 cm³/mol. The van der Waals surface area contributed by atoms with Gasteiger partial charge in [-0.3, -0.25) is 9.59 Å². The van der Waals surface area contributed by atoms with Crippen molar-refractivity contribution in [2.75, 3.05) is 0 Å². The average Bonchev–Trinajstić information content (AvgIpc) is 2.27. The molecule has 0 aliphatic carbocycles. The monoisotopic (exact) mass is 327 g/mol. The zero-order valence-corrected chi connectivity index (χ0v) is 12.7. The Morgan fingerprint density at radius 3 is 2.68 bits per heavy atom. The van der Waals surface area contributed by atoms with Crippen LogP contribution in [0.3, 0.4) is 0 Å². The van der Waals surface area contributed by atoms with Gasteiger partial charge in [-0.1, -0.05) is 15.9 Å². The van der Waals surface area contributed by atoms with Crippen LogP contribution in [0.15, 0.2) is 22.7 Å². The zero-order valence-electron chi connectivity index (χ0n) is 11.1. The number of amides is 1. The molecule has 0 bridgehead atoms. The smallest absolute Gasteiger partial charge is 0.303 e. The molecule has 0 fully saturated rings. The van der Waals surface area contributed by atoms with Crippen LogP contribution in [0.2, 0.25) is 0 Å². The molecule has 1 unspecified atom stereocenters. The number of aliphatic carboxylic acids is 1. The standard InChI is InChI=1S/C14H18BrNO3/c1-9-8-11(15)6-7-12(9)14(19)16-10(2)4-3-5-13(17)18/h6-8,10H,3-5H2,1-2H3,(H,16,19)(H,17,18). The first kappa shape index (κ1) is 15.7. The zero-order chi connectivity index (χ0) is 14.4. The van der Waals surface area contributed by atoms with Crippen LogP contribution in [0.25, 0.3) is 0 Å². The lowest BCUT2D eigenvalue weighted by Crippen LogP contribution is -2.33. The highest BCUT2D eigenvalue weighted by Gasteiger charge is 2.12. The molecule has 5 heteroatoms. The molecule has 19 heavy (non-hydrogen) atoms. The van der Waals surface area contributed by atoms with Crippen molar-refractivity contribution in [3.63, 3.8) is 0 Å². The second kappa shape index (κ2) is 7.28. The van der Waals surface area contributed by atoms with E-state index in [1.165, 1.54) is 0 Å². The van der Waals surface area contributed by atoms with Gasteiger partial charge in [0.25, 0.3) is 5.91 Å². The third kappa shape index (κ3) is 5.42. The van der Waals surface area contributed by atoms with Crippen LogP contribution >= 0.6 is 15.9 Å². The van der Waals surface area contributed by atoms with E-state index >= 15 is 0 Å². The van der Waals surface area contributed by atoms with E-state index in [-0.39, 0.29) is 18.4 Å². The minimum absolute atomic E-state index is 0.0325. The lowest BCUT2D eigenvalue weighted by molar-refractivity contribution is -0.137. The van der Waals surface area contributed by atoms with Crippen molar-refractivity contribution in [1.82, 2.24) is 5.32 Å². The number of halogens is 1. The largest absolute Gasteiger partial charge is 0.481 e. The number of carboxylic acid groups (broad SMARTS) is 1. The number of aryl methyl sites for hydroxylation is 1. The van der Waals surface area contributed by atoms with Crippen LogP contribution in [-0.2, 0) is 4.79 Å². The van der Waals surface area contributed by atoms with E-state index in [9.17, 15) is 9.59 Å². The van der Waals surface area contributed by atoms with Crippen molar-refractivity contribution in [1.29, 1.82) is 0 Å². The van der Waals surface area contributed by atoms with Gasteiger partial charge < -0.3 is 10.4 Å². The minimum atomic E-state index is -0.803. The summed E-state index contributed by atoms with van der Waals surface area (Å²) in [6, 6.07) is 5.47. The van der Waals surface area contributed by atoms with Gasteiger partial charge in [0.1, 0.15) is 0 Å². The molecule has 0 aromatic heterocycles. The Balaban J connectivity index is 2.52. The van der Waals surface area contributed by atoms with E-state index in [1.807, 2.05) is 26.0 Å². The molecular formula is C14H18BrNO3. The summed E-state index contributed by atoms with van der Waals surface area (Å²) < 4.78 is 0.941. The number of carboxylic acids is 1. The number of hydrogen-bond donors (Lipinski definition) is 2. The molecule has 0 heterocycles. The summed E-state index contributed by atoms with van der Waals surface area (Å²) in [6.07, 6.45) is 1.36. The molecule has 0 radical (unpaired) electrons. The summed E-state index contributed by atoms with van der Waals surface area (Å²) in [7, 11) is 0. The minimum Gasteiger partial charge on any atom is -0.481 e. The van der Waals surface area contributed by atoms with Gasteiger partial charge in [0.15, 0.2) is 0 Å². The van der Waals surface area contributed by atoms with E-state index < -0.39 is 5.97 Å². The van der Waals surface area contributed by atoms with E-state index in [4.69, 9.17) is 5.11 Å². The SMILES string of the molecule is Cc1cc(Br)ccc1C(=O)NC(C)CCCC(=O)O. The van der Waals surface area contributed by atoms with E-state index in [1.54, 1.807) is 6.07 Å².